The molecule has 5 heteroatoms. The van der Waals surface area contributed by atoms with Gasteiger partial charge in [0, 0.05) is 18.4 Å². The van der Waals surface area contributed by atoms with E-state index in [4.69, 9.17) is 5.73 Å². The highest BCUT2D eigenvalue weighted by Crippen LogP contribution is 2.43. The predicted molar refractivity (Wildman–Crippen MR) is 94.0 cm³/mol. The monoisotopic (exact) mass is 310 g/mol. The first-order chi connectivity index (χ1) is 10.7. The number of nitrogens with zero attached hydrogens (tertiary/aromatic N) is 2. The van der Waals surface area contributed by atoms with Crippen LogP contribution < -0.4 is 16.0 Å². The summed E-state index contributed by atoms with van der Waals surface area (Å²) in [4.78, 5) is 8.01. The summed E-state index contributed by atoms with van der Waals surface area (Å²) in [5.74, 6) is 0.703. The molecule has 4 nitrogen and oxygen atoms in total. The molecule has 0 aromatic heterocycles. The molecule has 2 aliphatic rings. The number of hydrogen-bond acceptors (Lipinski definition) is 5. The molecule has 0 bridgehead atoms. The first-order valence-corrected chi connectivity index (χ1v) is 8.21. The Morgan fingerprint density at radius 1 is 1.23 bits per heavy atom. The second-order valence-corrected chi connectivity index (χ2v) is 6.80. The molecule has 0 saturated heterocycles. The van der Waals surface area contributed by atoms with Crippen LogP contribution in [0, 0.1) is 0 Å². The van der Waals surface area contributed by atoms with Crippen LogP contribution in [0.15, 0.2) is 46.3 Å². The molecule has 0 saturated carbocycles. The van der Waals surface area contributed by atoms with E-state index in [-0.39, 0.29) is 0 Å². The Morgan fingerprint density at radius 2 is 2.00 bits per heavy atom. The van der Waals surface area contributed by atoms with Crippen molar-refractivity contribution in [3.63, 3.8) is 0 Å². The molecule has 112 valence electrons. The summed E-state index contributed by atoms with van der Waals surface area (Å²) in [6.45, 7) is 0. The number of benzene rings is 2. The maximum absolute atomic E-state index is 5.83. The lowest BCUT2D eigenvalue weighted by Crippen LogP contribution is -2.35. The van der Waals surface area contributed by atoms with Crippen LogP contribution in [0.3, 0.4) is 0 Å². The van der Waals surface area contributed by atoms with Gasteiger partial charge in [0.2, 0.25) is 0 Å². The van der Waals surface area contributed by atoms with Crippen LogP contribution in [0.1, 0.15) is 5.56 Å². The first kappa shape index (κ1) is 13.7. The van der Waals surface area contributed by atoms with E-state index in [1.807, 2.05) is 18.8 Å². The minimum absolute atomic E-state index is 0.301. The van der Waals surface area contributed by atoms with Gasteiger partial charge in [0.15, 0.2) is 0 Å². The molecule has 4 rings (SSSR count). The average Bonchev–Trinajstić information content (AvgIpc) is 3.05. The number of thioether (sulfide) groups is 1. The maximum Gasteiger partial charge on any atom is 0.132 e. The van der Waals surface area contributed by atoms with Crippen LogP contribution in [0.25, 0.3) is 11.1 Å². The van der Waals surface area contributed by atoms with Crippen LogP contribution in [0.2, 0.25) is 0 Å². The Morgan fingerprint density at radius 3 is 2.82 bits per heavy atom. The van der Waals surface area contributed by atoms with Gasteiger partial charge in [-0.25, -0.2) is 4.99 Å². The fraction of sp³-hybridized carbons (Fsp3) is 0.235. The van der Waals surface area contributed by atoms with E-state index in [0.29, 0.717) is 11.3 Å². The van der Waals surface area contributed by atoms with Crippen molar-refractivity contribution in [2.45, 2.75) is 16.8 Å². The lowest BCUT2D eigenvalue weighted by molar-refractivity contribution is 0.733. The Bertz CT molecular complexity index is 784. The van der Waals surface area contributed by atoms with E-state index in [9.17, 15) is 0 Å². The van der Waals surface area contributed by atoms with Gasteiger partial charge in [-0.3, -0.25) is 5.32 Å². The van der Waals surface area contributed by atoms with Crippen LogP contribution in [-0.4, -0.2) is 25.4 Å². The van der Waals surface area contributed by atoms with E-state index in [0.717, 1.165) is 12.1 Å². The molecular weight excluding hydrogens is 292 g/mol. The zero-order chi connectivity index (χ0) is 15.3. The molecule has 2 heterocycles. The topological polar surface area (TPSA) is 53.6 Å². The van der Waals surface area contributed by atoms with Crippen molar-refractivity contribution in [2.24, 2.45) is 10.7 Å². The van der Waals surface area contributed by atoms with Gasteiger partial charge >= 0.3 is 0 Å². The number of rotatable bonds is 2. The van der Waals surface area contributed by atoms with Gasteiger partial charge < -0.3 is 10.6 Å². The molecule has 1 atom stereocenters. The maximum atomic E-state index is 5.83. The molecule has 0 radical (unpaired) electrons. The standard InChI is InChI=1S/C17H18N4S/c1-19-17-21(2)14-8-11(5-6-15(14)22-17)10-3-4-12-9-16(18)20-13(12)7-10/h3-8,17,19H,9H2,1-2H3,(H2,18,20). The van der Waals surface area contributed by atoms with Crippen LogP contribution in [0.4, 0.5) is 11.4 Å². The van der Waals surface area contributed by atoms with Gasteiger partial charge in [0.1, 0.15) is 11.3 Å². The largest absolute Gasteiger partial charge is 0.387 e. The minimum atomic E-state index is 0.301. The Balaban J connectivity index is 1.74. The Labute approximate surface area is 134 Å². The van der Waals surface area contributed by atoms with Crippen molar-refractivity contribution < 1.29 is 0 Å². The molecule has 1 unspecified atom stereocenters. The number of fused-ring (bicyclic) bond motifs is 2. The summed E-state index contributed by atoms with van der Waals surface area (Å²) in [6, 6.07) is 13.1. The fourth-order valence-electron chi connectivity index (χ4n) is 3.04. The first-order valence-electron chi connectivity index (χ1n) is 7.33. The zero-order valence-electron chi connectivity index (χ0n) is 12.6. The second kappa shape index (κ2) is 5.04. The van der Waals surface area contributed by atoms with E-state index in [1.54, 1.807) is 0 Å². The highest BCUT2D eigenvalue weighted by atomic mass is 32.2. The van der Waals surface area contributed by atoms with E-state index in [1.165, 1.54) is 27.3 Å². The Kier molecular flexibility index (Phi) is 3.13. The highest BCUT2D eigenvalue weighted by Gasteiger charge is 2.26. The van der Waals surface area contributed by atoms with Crippen molar-refractivity contribution in [3.8, 4) is 11.1 Å². The van der Waals surface area contributed by atoms with Crippen molar-refractivity contribution in [1.82, 2.24) is 5.32 Å². The van der Waals surface area contributed by atoms with Crippen molar-refractivity contribution in [1.29, 1.82) is 0 Å². The smallest absolute Gasteiger partial charge is 0.132 e. The van der Waals surface area contributed by atoms with Gasteiger partial charge in [-0.2, -0.15) is 0 Å². The van der Waals surface area contributed by atoms with E-state index >= 15 is 0 Å². The second-order valence-electron chi connectivity index (χ2n) is 5.68. The summed E-state index contributed by atoms with van der Waals surface area (Å²) in [5.41, 5.74) is 12.0. The van der Waals surface area contributed by atoms with E-state index in [2.05, 4.69) is 58.7 Å². The summed E-state index contributed by atoms with van der Waals surface area (Å²) in [7, 11) is 4.11. The molecule has 2 aromatic carbocycles. The number of nitrogens with two attached hydrogens (primary N) is 1. The molecule has 2 aliphatic heterocycles. The minimum Gasteiger partial charge on any atom is -0.387 e. The molecule has 22 heavy (non-hydrogen) atoms. The van der Waals surface area contributed by atoms with Crippen LogP contribution >= 0.6 is 11.8 Å². The number of nitrogens with one attached hydrogen (secondary N) is 1. The van der Waals surface area contributed by atoms with Gasteiger partial charge in [0.25, 0.3) is 0 Å². The number of hydrogen-bond donors (Lipinski definition) is 2. The van der Waals surface area contributed by atoms with Gasteiger partial charge in [0.05, 0.1) is 11.4 Å². The van der Waals surface area contributed by atoms with Gasteiger partial charge in [-0.05, 0) is 41.9 Å². The molecular formula is C17H18N4S. The average molecular weight is 310 g/mol. The molecule has 0 fully saturated rings. The SMILES string of the molecule is CNC1Sc2ccc(-c3ccc4c(c3)N=C(N)C4)cc2N1C. The quantitative estimate of drug-likeness (QED) is 0.895. The normalized spacial score (nSPS) is 19.1. The lowest BCUT2D eigenvalue weighted by Gasteiger charge is -2.20. The van der Waals surface area contributed by atoms with Crippen LogP contribution in [0.5, 0.6) is 0 Å². The summed E-state index contributed by atoms with van der Waals surface area (Å²) >= 11 is 1.84. The molecule has 0 aliphatic carbocycles. The summed E-state index contributed by atoms with van der Waals surface area (Å²) < 4.78 is 0. The molecule has 0 amide bonds. The summed E-state index contributed by atoms with van der Waals surface area (Å²) in [5, 5.41) is 3.32. The summed E-state index contributed by atoms with van der Waals surface area (Å²) in [6.07, 6.45) is 0.767. The molecule has 3 N–H and O–H groups in total. The third kappa shape index (κ3) is 2.09. The number of aliphatic imine (C=N–C) groups is 1. The molecule has 0 spiro atoms. The van der Waals surface area contributed by atoms with Crippen molar-refractivity contribution in [3.05, 3.63) is 42.0 Å². The van der Waals surface area contributed by atoms with Crippen LogP contribution in [-0.2, 0) is 6.42 Å². The number of anilines is 1. The zero-order valence-corrected chi connectivity index (χ0v) is 13.4. The van der Waals surface area contributed by atoms with E-state index < -0.39 is 0 Å². The van der Waals surface area contributed by atoms with Crippen molar-refractivity contribution >= 4 is 29.0 Å². The number of amidine groups is 1. The Hall–Kier alpha value is -1.98. The third-order valence-corrected chi connectivity index (χ3v) is 5.60. The van der Waals surface area contributed by atoms with Gasteiger partial charge in [-0.1, -0.05) is 30.0 Å². The third-order valence-electron chi connectivity index (χ3n) is 4.23. The molecule has 2 aromatic rings. The van der Waals surface area contributed by atoms with Crippen molar-refractivity contribution in [2.75, 3.05) is 19.0 Å². The van der Waals surface area contributed by atoms with Gasteiger partial charge in [-0.15, -0.1) is 0 Å². The lowest BCUT2D eigenvalue weighted by atomic mass is 10.0. The highest BCUT2D eigenvalue weighted by molar-refractivity contribution is 8.00. The fourth-order valence-corrected chi connectivity index (χ4v) is 4.14. The predicted octanol–water partition coefficient (Wildman–Crippen LogP) is 2.94.